The number of hydrogen-bond donors (Lipinski definition) is 3. The summed E-state index contributed by atoms with van der Waals surface area (Å²) in [5.41, 5.74) is 5.12. The summed E-state index contributed by atoms with van der Waals surface area (Å²) >= 11 is 4.51. The van der Waals surface area contributed by atoms with E-state index in [0.29, 0.717) is 0 Å². The van der Waals surface area contributed by atoms with E-state index >= 15 is 0 Å². The highest BCUT2D eigenvalue weighted by molar-refractivity contribution is 7.91. The van der Waals surface area contributed by atoms with Crippen LogP contribution in [0, 0.1) is 0 Å². The molecule has 0 rings (SSSR count). The maximum absolute atomic E-state index is 11.1. The summed E-state index contributed by atoms with van der Waals surface area (Å²) in [6.07, 6.45) is -1.12. The van der Waals surface area contributed by atoms with Crippen LogP contribution in [-0.2, 0) is 9.84 Å². The standard InChI is InChI=1S/C6H13NO4S2/c7-6(12)1-2-13(10,11)4-5(9)3-8/h5,8-9H,1-4H2,(H2,7,12). The lowest BCUT2D eigenvalue weighted by Gasteiger charge is -2.07. The number of hydrogen-bond acceptors (Lipinski definition) is 5. The highest BCUT2D eigenvalue weighted by Gasteiger charge is 2.16. The molecule has 0 aliphatic rings. The van der Waals surface area contributed by atoms with Crippen molar-refractivity contribution in [3.8, 4) is 0 Å². The van der Waals surface area contributed by atoms with Crippen LogP contribution in [0.4, 0.5) is 0 Å². The van der Waals surface area contributed by atoms with Crippen molar-refractivity contribution in [2.75, 3.05) is 18.1 Å². The van der Waals surface area contributed by atoms with Gasteiger partial charge in [-0.05, 0) is 0 Å². The molecule has 78 valence electrons. The molecule has 0 aromatic carbocycles. The Morgan fingerprint density at radius 3 is 2.46 bits per heavy atom. The molecule has 0 saturated heterocycles. The third-order valence-corrected chi connectivity index (χ3v) is 3.24. The second kappa shape index (κ2) is 5.48. The average Bonchev–Trinajstić information content (AvgIpc) is 2.00. The molecule has 5 nitrogen and oxygen atoms in total. The van der Waals surface area contributed by atoms with Gasteiger partial charge in [-0.1, -0.05) is 12.2 Å². The van der Waals surface area contributed by atoms with E-state index in [9.17, 15) is 8.42 Å². The fourth-order valence-electron chi connectivity index (χ4n) is 0.685. The summed E-state index contributed by atoms with van der Waals surface area (Å²) in [6.45, 7) is -0.563. The Morgan fingerprint density at radius 1 is 1.54 bits per heavy atom. The fraction of sp³-hybridized carbons (Fsp3) is 0.833. The van der Waals surface area contributed by atoms with Crippen molar-refractivity contribution >= 4 is 27.0 Å². The fourth-order valence-corrected chi connectivity index (χ4v) is 2.31. The van der Waals surface area contributed by atoms with Crippen LogP contribution in [0.2, 0.25) is 0 Å². The first kappa shape index (κ1) is 12.8. The monoisotopic (exact) mass is 227 g/mol. The SMILES string of the molecule is NC(=S)CCS(=O)(=O)CC(O)CO. The lowest BCUT2D eigenvalue weighted by atomic mass is 10.4. The molecule has 1 unspecified atom stereocenters. The molecule has 0 spiro atoms. The molecule has 0 amide bonds. The predicted octanol–water partition coefficient (Wildman–Crippen LogP) is -1.57. The lowest BCUT2D eigenvalue weighted by molar-refractivity contribution is 0.112. The maximum atomic E-state index is 11.1. The maximum Gasteiger partial charge on any atom is 0.153 e. The first-order valence-corrected chi connectivity index (χ1v) is 5.88. The van der Waals surface area contributed by atoms with Crippen molar-refractivity contribution in [2.24, 2.45) is 5.73 Å². The number of thiocarbonyl (C=S) groups is 1. The molecule has 0 aromatic rings. The first-order chi connectivity index (χ1) is 5.87. The van der Waals surface area contributed by atoms with Gasteiger partial charge >= 0.3 is 0 Å². The molecule has 0 aliphatic carbocycles. The molecule has 0 bridgehead atoms. The number of rotatable bonds is 6. The van der Waals surface area contributed by atoms with E-state index in [4.69, 9.17) is 15.9 Å². The van der Waals surface area contributed by atoms with Gasteiger partial charge in [0, 0.05) is 6.42 Å². The zero-order valence-corrected chi connectivity index (χ0v) is 8.64. The minimum atomic E-state index is -3.37. The zero-order valence-electron chi connectivity index (χ0n) is 7.01. The Hall–Kier alpha value is -0.240. The van der Waals surface area contributed by atoms with Crippen molar-refractivity contribution in [2.45, 2.75) is 12.5 Å². The molecular formula is C6H13NO4S2. The Kier molecular flexibility index (Phi) is 5.38. The Balaban J connectivity index is 4.02. The molecule has 0 heterocycles. The van der Waals surface area contributed by atoms with Crippen molar-refractivity contribution in [3.63, 3.8) is 0 Å². The van der Waals surface area contributed by atoms with E-state index in [2.05, 4.69) is 12.2 Å². The Bertz CT molecular complexity index is 262. The summed E-state index contributed by atoms with van der Waals surface area (Å²) in [7, 11) is -3.37. The van der Waals surface area contributed by atoms with Crippen molar-refractivity contribution in [1.29, 1.82) is 0 Å². The van der Waals surface area contributed by atoms with E-state index in [1.165, 1.54) is 0 Å². The van der Waals surface area contributed by atoms with E-state index in [0.717, 1.165) is 0 Å². The van der Waals surface area contributed by atoms with Gasteiger partial charge in [0.15, 0.2) is 9.84 Å². The lowest BCUT2D eigenvalue weighted by Crippen LogP contribution is -2.27. The van der Waals surface area contributed by atoms with Gasteiger partial charge in [-0.2, -0.15) is 0 Å². The number of sulfone groups is 1. The van der Waals surface area contributed by atoms with Crippen molar-refractivity contribution in [3.05, 3.63) is 0 Å². The minimum absolute atomic E-state index is 0.107. The number of aliphatic hydroxyl groups excluding tert-OH is 2. The van der Waals surface area contributed by atoms with Gasteiger partial charge in [-0.15, -0.1) is 0 Å². The van der Waals surface area contributed by atoms with Crippen LogP contribution in [0.25, 0.3) is 0 Å². The summed E-state index contributed by atoms with van der Waals surface area (Å²) in [5, 5.41) is 17.3. The van der Waals surface area contributed by atoms with E-state index in [1.807, 2.05) is 0 Å². The minimum Gasteiger partial charge on any atom is -0.394 e. The van der Waals surface area contributed by atoms with E-state index in [-0.39, 0.29) is 17.2 Å². The van der Waals surface area contributed by atoms with Crippen LogP contribution in [0.5, 0.6) is 0 Å². The molecule has 4 N–H and O–H groups in total. The Labute approximate surface area is 82.5 Å². The molecule has 0 fully saturated rings. The molecule has 1 atom stereocenters. The molecule has 7 heteroatoms. The first-order valence-electron chi connectivity index (χ1n) is 3.65. The second-order valence-corrected chi connectivity index (χ2v) is 5.42. The normalized spacial score (nSPS) is 14.0. The predicted molar refractivity (Wildman–Crippen MR) is 53.1 cm³/mol. The summed E-state index contributed by atoms with van der Waals surface area (Å²) in [4.78, 5) is 0.127. The van der Waals surface area contributed by atoms with Crippen LogP contribution in [0.1, 0.15) is 6.42 Å². The van der Waals surface area contributed by atoms with Crippen molar-refractivity contribution < 1.29 is 18.6 Å². The molecule has 0 aliphatic heterocycles. The second-order valence-electron chi connectivity index (χ2n) is 2.67. The molecule has 0 aromatic heterocycles. The van der Waals surface area contributed by atoms with Gasteiger partial charge in [-0.25, -0.2) is 8.42 Å². The number of nitrogens with two attached hydrogens (primary N) is 1. The van der Waals surface area contributed by atoms with Gasteiger partial charge in [0.05, 0.1) is 29.2 Å². The highest BCUT2D eigenvalue weighted by atomic mass is 32.2. The molecule has 0 saturated carbocycles. The topological polar surface area (TPSA) is 101 Å². The van der Waals surface area contributed by atoms with Gasteiger partial charge in [0.25, 0.3) is 0 Å². The number of aliphatic hydroxyl groups is 2. The van der Waals surface area contributed by atoms with E-state index in [1.54, 1.807) is 0 Å². The Morgan fingerprint density at radius 2 is 2.08 bits per heavy atom. The highest BCUT2D eigenvalue weighted by Crippen LogP contribution is 1.97. The average molecular weight is 227 g/mol. The van der Waals surface area contributed by atoms with E-state index < -0.39 is 28.3 Å². The van der Waals surface area contributed by atoms with Gasteiger partial charge in [-0.3, -0.25) is 0 Å². The van der Waals surface area contributed by atoms with Crippen molar-refractivity contribution in [1.82, 2.24) is 0 Å². The third kappa shape index (κ3) is 6.88. The van der Waals surface area contributed by atoms with Gasteiger partial charge < -0.3 is 15.9 Å². The largest absolute Gasteiger partial charge is 0.394 e. The molecule has 0 radical (unpaired) electrons. The molecular weight excluding hydrogens is 214 g/mol. The van der Waals surface area contributed by atoms with Crippen LogP contribution in [-0.4, -0.2) is 47.8 Å². The zero-order chi connectivity index (χ0) is 10.5. The third-order valence-electron chi connectivity index (χ3n) is 1.32. The van der Waals surface area contributed by atoms with Crippen LogP contribution >= 0.6 is 12.2 Å². The summed E-state index contributed by atoms with van der Waals surface area (Å²) < 4.78 is 22.2. The van der Waals surface area contributed by atoms with Gasteiger partial charge in [0.1, 0.15) is 0 Å². The van der Waals surface area contributed by atoms with Gasteiger partial charge in [0.2, 0.25) is 0 Å². The quantitative estimate of drug-likeness (QED) is 0.474. The summed E-state index contributed by atoms with van der Waals surface area (Å²) in [6, 6.07) is 0. The van der Waals surface area contributed by atoms with Crippen LogP contribution in [0.15, 0.2) is 0 Å². The van der Waals surface area contributed by atoms with Crippen LogP contribution < -0.4 is 5.73 Å². The summed E-state index contributed by atoms with van der Waals surface area (Å²) in [5.74, 6) is -0.633. The van der Waals surface area contributed by atoms with Crippen LogP contribution in [0.3, 0.4) is 0 Å². The smallest absolute Gasteiger partial charge is 0.153 e. The molecule has 13 heavy (non-hydrogen) atoms.